The molecule has 3 nitrogen and oxygen atoms in total. The molecule has 1 fully saturated rings. The first-order valence-corrected chi connectivity index (χ1v) is 7.11. The van der Waals surface area contributed by atoms with Gasteiger partial charge in [-0.15, -0.1) is 0 Å². The van der Waals surface area contributed by atoms with E-state index in [-0.39, 0.29) is 5.78 Å². The van der Waals surface area contributed by atoms with Crippen LogP contribution in [0.25, 0.3) is 0 Å². The Morgan fingerprint density at radius 3 is 2.95 bits per heavy atom. The largest absolute Gasteiger partial charge is 0.305 e. The maximum atomic E-state index is 12.2. The normalized spacial score (nSPS) is 20.7. The van der Waals surface area contributed by atoms with Crippen LogP contribution in [0.1, 0.15) is 23.2 Å². The smallest absolute Gasteiger partial charge is 0.176 e. The van der Waals surface area contributed by atoms with Gasteiger partial charge >= 0.3 is 0 Å². The third kappa shape index (κ3) is 4.03. The lowest BCUT2D eigenvalue weighted by Crippen LogP contribution is -2.46. The molecule has 0 spiro atoms. The number of ketones is 1. The highest BCUT2D eigenvalue weighted by molar-refractivity contribution is 6.31. The number of piperidine rings is 1. The summed E-state index contributed by atoms with van der Waals surface area (Å²) >= 11 is 5.92. The number of hydrogen-bond donors (Lipinski definition) is 0. The minimum atomic E-state index is 0.155. The van der Waals surface area contributed by atoms with Crippen LogP contribution in [0.3, 0.4) is 0 Å². The molecular weight excluding hydrogens is 260 g/mol. The van der Waals surface area contributed by atoms with Crippen molar-refractivity contribution in [3.63, 3.8) is 0 Å². The summed E-state index contributed by atoms with van der Waals surface area (Å²) in [6.07, 6.45) is 2.38. The number of halogens is 1. The zero-order chi connectivity index (χ0) is 13.8. The Hall–Kier alpha value is -0.900. The van der Waals surface area contributed by atoms with Crippen molar-refractivity contribution in [2.45, 2.75) is 18.9 Å². The summed E-state index contributed by atoms with van der Waals surface area (Å²) in [4.78, 5) is 16.7. The van der Waals surface area contributed by atoms with Crippen LogP contribution >= 0.6 is 11.6 Å². The third-order valence-electron chi connectivity index (χ3n) is 3.72. The Morgan fingerprint density at radius 1 is 1.47 bits per heavy atom. The third-order valence-corrected chi connectivity index (χ3v) is 3.96. The molecule has 2 rings (SSSR count). The summed E-state index contributed by atoms with van der Waals surface area (Å²) in [5, 5.41) is 0.621. The fourth-order valence-electron chi connectivity index (χ4n) is 2.55. The standard InChI is InChI=1S/C15H21ClN2O/c1-17(2)14-7-4-8-18(10-14)11-15(19)12-5-3-6-13(16)9-12/h3,5-6,9,14H,4,7-8,10-11H2,1-2H3. The van der Waals surface area contributed by atoms with Crippen molar-refractivity contribution in [3.05, 3.63) is 34.9 Å². The van der Waals surface area contributed by atoms with E-state index in [9.17, 15) is 4.79 Å². The van der Waals surface area contributed by atoms with Gasteiger partial charge in [-0.3, -0.25) is 9.69 Å². The highest BCUT2D eigenvalue weighted by Gasteiger charge is 2.23. The first kappa shape index (κ1) is 14.5. The molecule has 0 amide bonds. The highest BCUT2D eigenvalue weighted by atomic mass is 35.5. The van der Waals surface area contributed by atoms with Gasteiger partial charge in [0.2, 0.25) is 0 Å². The summed E-state index contributed by atoms with van der Waals surface area (Å²) in [7, 11) is 4.21. The molecule has 0 bridgehead atoms. The van der Waals surface area contributed by atoms with Crippen molar-refractivity contribution in [2.24, 2.45) is 0 Å². The topological polar surface area (TPSA) is 23.6 Å². The summed E-state index contributed by atoms with van der Waals surface area (Å²) < 4.78 is 0. The number of likely N-dealkylation sites (tertiary alicyclic amines) is 1. The summed E-state index contributed by atoms with van der Waals surface area (Å²) in [6.45, 7) is 2.47. The van der Waals surface area contributed by atoms with E-state index in [0.717, 1.165) is 19.5 Å². The lowest BCUT2D eigenvalue weighted by Gasteiger charge is -2.35. The lowest BCUT2D eigenvalue weighted by atomic mass is 10.0. The molecule has 0 radical (unpaired) electrons. The number of Topliss-reactive ketones (excluding diaryl/α,β-unsaturated/α-hetero) is 1. The minimum Gasteiger partial charge on any atom is -0.305 e. The van der Waals surface area contributed by atoms with Gasteiger partial charge in [0, 0.05) is 23.2 Å². The van der Waals surface area contributed by atoms with Crippen molar-refractivity contribution >= 4 is 17.4 Å². The quantitative estimate of drug-likeness (QED) is 0.792. The van der Waals surface area contributed by atoms with E-state index < -0.39 is 0 Å². The molecule has 1 aliphatic heterocycles. The van der Waals surface area contributed by atoms with E-state index in [1.807, 2.05) is 12.1 Å². The van der Waals surface area contributed by atoms with E-state index in [2.05, 4.69) is 23.9 Å². The van der Waals surface area contributed by atoms with Gasteiger partial charge < -0.3 is 4.90 Å². The van der Waals surface area contributed by atoms with Crippen LogP contribution < -0.4 is 0 Å². The van der Waals surface area contributed by atoms with Crippen molar-refractivity contribution in [1.29, 1.82) is 0 Å². The van der Waals surface area contributed by atoms with E-state index in [1.54, 1.807) is 12.1 Å². The Kier molecular flexibility index (Phi) is 4.97. The average molecular weight is 281 g/mol. The Balaban J connectivity index is 1.95. The first-order chi connectivity index (χ1) is 9.06. The minimum absolute atomic E-state index is 0.155. The second kappa shape index (κ2) is 6.51. The van der Waals surface area contributed by atoms with Gasteiger partial charge in [-0.2, -0.15) is 0 Å². The Labute approximate surface area is 120 Å². The average Bonchev–Trinajstić information content (AvgIpc) is 2.39. The van der Waals surface area contributed by atoms with Gasteiger partial charge in [0.15, 0.2) is 5.78 Å². The molecule has 19 heavy (non-hydrogen) atoms. The summed E-state index contributed by atoms with van der Waals surface area (Å²) in [6, 6.07) is 7.76. The zero-order valence-electron chi connectivity index (χ0n) is 11.6. The second-order valence-corrected chi connectivity index (χ2v) is 5.86. The number of benzene rings is 1. The molecule has 1 atom stereocenters. The molecule has 0 saturated carbocycles. The zero-order valence-corrected chi connectivity index (χ0v) is 12.4. The number of rotatable bonds is 4. The van der Waals surface area contributed by atoms with Crippen LogP contribution in [0.4, 0.5) is 0 Å². The van der Waals surface area contributed by atoms with Crippen LogP contribution in [0.15, 0.2) is 24.3 Å². The van der Waals surface area contributed by atoms with Crippen LogP contribution in [0.2, 0.25) is 5.02 Å². The molecule has 1 aromatic carbocycles. The first-order valence-electron chi connectivity index (χ1n) is 6.74. The fraction of sp³-hybridized carbons (Fsp3) is 0.533. The molecule has 1 aromatic rings. The van der Waals surface area contributed by atoms with Gasteiger partial charge in [0.25, 0.3) is 0 Å². The van der Waals surface area contributed by atoms with Gasteiger partial charge in [-0.1, -0.05) is 23.7 Å². The maximum Gasteiger partial charge on any atom is 0.176 e. The van der Waals surface area contributed by atoms with Crippen molar-refractivity contribution in [2.75, 3.05) is 33.7 Å². The molecule has 0 N–H and O–H groups in total. The van der Waals surface area contributed by atoms with Crippen molar-refractivity contribution < 1.29 is 4.79 Å². The monoisotopic (exact) mass is 280 g/mol. The van der Waals surface area contributed by atoms with E-state index in [1.165, 1.54) is 6.42 Å². The molecule has 1 heterocycles. The molecule has 4 heteroatoms. The molecule has 1 saturated heterocycles. The molecule has 1 aliphatic rings. The Bertz CT molecular complexity index is 448. The van der Waals surface area contributed by atoms with Crippen LogP contribution in [-0.4, -0.2) is 55.4 Å². The van der Waals surface area contributed by atoms with Gasteiger partial charge in [-0.05, 0) is 45.6 Å². The SMILES string of the molecule is CN(C)C1CCCN(CC(=O)c2cccc(Cl)c2)C1. The van der Waals surface area contributed by atoms with Crippen LogP contribution in [0.5, 0.6) is 0 Å². The van der Waals surface area contributed by atoms with Crippen LogP contribution in [-0.2, 0) is 0 Å². The Morgan fingerprint density at radius 2 is 2.26 bits per heavy atom. The summed E-state index contributed by atoms with van der Waals surface area (Å²) in [5.74, 6) is 0.155. The van der Waals surface area contributed by atoms with E-state index in [4.69, 9.17) is 11.6 Å². The second-order valence-electron chi connectivity index (χ2n) is 5.43. The fourth-order valence-corrected chi connectivity index (χ4v) is 2.74. The van der Waals surface area contributed by atoms with E-state index >= 15 is 0 Å². The molecule has 0 aromatic heterocycles. The molecule has 0 aliphatic carbocycles. The van der Waals surface area contributed by atoms with Crippen molar-refractivity contribution in [1.82, 2.24) is 9.80 Å². The molecular formula is C15H21ClN2O. The summed E-state index contributed by atoms with van der Waals surface area (Å²) in [5.41, 5.74) is 0.708. The van der Waals surface area contributed by atoms with Gasteiger partial charge in [0.05, 0.1) is 6.54 Å². The number of likely N-dealkylation sites (N-methyl/N-ethyl adjacent to an activating group) is 1. The number of carbonyl (C=O) groups excluding carboxylic acids is 1. The van der Waals surface area contributed by atoms with E-state index in [0.29, 0.717) is 23.2 Å². The van der Waals surface area contributed by atoms with Crippen LogP contribution in [0, 0.1) is 0 Å². The number of hydrogen-bond acceptors (Lipinski definition) is 3. The maximum absolute atomic E-state index is 12.2. The number of carbonyl (C=O) groups is 1. The number of nitrogens with zero attached hydrogens (tertiary/aromatic N) is 2. The van der Waals surface area contributed by atoms with Gasteiger partial charge in [0.1, 0.15) is 0 Å². The lowest BCUT2D eigenvalue weighted by molar-refractivity contribution is 0.0852. The van der Waals surface area contributed by atoms with Gasteiger partial charge in [-0.25, -0.2) is 0 Å². The highest BCUT2D eigenvalue weighted by Crippen LogP contribution is 2.16. The van der Waals surface area contributed by atoms with Crippen molar-refractivity contribution in [3.8, 4) is 0 Å². The molecule has 104 valence electrons. The predicted molar refractivity (Wildman–Crippen MR) is 78.9 cm³/mol. The molecule has 1 unspecified atom stereocenters. The predicted octanol–water partition coefficient (Wildman–Crippen LogP) is 2.55.